The zero-order valence-electron chi connectivity index (χ0n) is 30.8. The Balaban J connectivity index is 0.000000174. The summed E-state index contributed by atoms with van der Waals surface area (Å²) in [5.74, 6) is 1.13. The maximum atomic E-state index is 12.7. The minimum absolute atomic E-state index is 0.0788. The minimum Gasteiger partial charge on any atom is -0.434 e. The van der Waals surface area contributed by atoms with Crippen molar-refractivity contribution in [2.24, 2.45) is 0 Å². The Morgan fingerprint density at radius 3 is 1.67 bits per heavy atom. The first-order valence-electron chi connectivity index (χ1n) is 17.1. The highest BCUT2D eigenvalue weighted by Crippen LogP contribution is 2.26. The van der Waals surface area contributed by atoms with Crippen LogP contribution in [0, 0.1) is 0 Å². The van der Waals surface area contributed by atoms with Gasteiger partial charge in [0.2, 0.25) is 11.8 Å². The number of Topliss-reactive ketones (excluding diaryl/α,β-unsaturated/α-hetero) is 1. The van der Waals surface area contributed by atoms with Crippen molar-refractivity contribution in [3.63, 3.8) is 0 Å². The molecule has 4 aromatic carbocycles. The summed E-state index contributed by atoms with van der Waals surface area (Å²) in [4.78, 5) is 50.1. The predicted molar refractivity (Wildman–Crippen MR) is 213 cm³/mol. The first-order valence-corrected chi connectivity index (χ1v) is 17.1. The van der Waals surface area contributed by atoms with Crippen molar-refractivity contribution in [2.75, 3.05) is 43.7 Å². The van der Waals surface area contributed by atoms with Crippen molar-refractivity contribution >= 4 is 51.5 Å². The first kappa shape index (κ1) is 38.8. The van der Waals surface area contributed by atoms with Crippen LogP contribution in [0.25, 0.3) is 45.4 Å². The van der Waals surface area contributed by atoms with Crippen LogP contribution in [0.2, 0.25) is 0 Å². The zero-order chi connectivity index (χ0) is 39.2. The number of rotatable bonds is 7. The predicted octanol–water partition coefficient (Wildman–Crippen LogP) is 8.02. The number of ketones is 1. The molecule has 0 atom stereocenters. The average molecular weight is 734 g/mol. The van der Waals surface area contributed by atoms with Gasteiger partial charge in [-0.3, -0.25) is 4.79 Å². The van der Waals surface area contributed by atoms with Crippen LogP contribution in [0.3, 0.4) is 0 Å². The van der Waals surface area contributed by atoms with E-state index in [0.29, 0.717) is 51.9 Å². The Kier molecular flexibility index (Phi) is 13.3. The monoisotopic (exact) mass is 733 g/mol. The van der Waals surface area contributed by atoms with Gasteiger partial charge in [-0.15, -0.1) is 0 Å². The summed E-state index contributed by atoms with van der Waals surface area (Å²) >= 11 is 0. The van der Waals surface area contributed by atoms with E-state index in [4.69, 9.17) is 24.2 Å². The molecule has 0 radical (unpaired) electrons. The van der Waals surface area contributed by atoms with Gasteiger partial charge < -0.3 is 24.4 Å². The lowest BCUT2D eigenvalue weighted by molar-refractivity contribution is -0.191. The molecule has 0 fully saturated rings. The third-order valence-electron chi connectivity index (χ3n) is 7.96. The number of nitrogens with two attached hydrogens (primary N) is 1. The summed E-state index contributed by atoms with van der Waals surface area (Å²) in [7, 11) is 8.00. The number of hydrogen-bond acceptors (Lipinski definition) is 12. The molecule has 0 bridgehead atoms. The van der Waals surface area contributed by atoms with Crippen LogP contribution < -0.4 is 15.5 Å². The molecule has 0 unspecified atom stereocenters. The van der Waals surface area contributed by atoms with Crippen molar-refractivity contribution in [1.29, 1.82) is 0 Å². The second kappa shape index (κ2) is 18.9. The lowest BCUT2D eigenvalue weighted by Crippen LogP contribution is -2.10. The lowest BCUT2D eigenvalue weighted by Gasteiger charge is -2.13. The lowest BCUT2D eigenvalue weighted by atomic mass is 10.0. The van der Waals surface area contributed by atoms with E-state index in [1.807, 2.05) is 148 Å². The topological polar surface area (TPSA) is 162 Å². The minimum atomic E-state index is 0.0788. The number of nitrogen functional groups attached to an aromatic ring is 1. The van der Waals surface area contributed by atoms with Crippen molar-refractivity contribution in [3.8, 4) is 22.9 Å². The SMILES string of the molecule is CN(C)c1cccc(C(=O)Cc2cccc(-c3nc4ncccc4o3)c2)c1.CN(C)c1ccccc1.Nc1cccc(-c2nc3ncccc3o2)c1.O=C=O. The van der Waals surface area contributed by atoms with Gasteiger partial charge in [-0.2, -0.15) is 19.6 Å². The molecule has 12 nitrogen and oxygen atoms in total. The molecule has 8 rings (SSSR count). The van der Waals surface area contributed by atoms with E-state index in [9.17, 15) is 4.79 Å². The van der Waals surface area contributed by atoms with Crippen LogP contribution in [-0.4, -0.2) is 60.1 Å². The molecule has 12 heteroatoms. The molecule has 0 amide bonds. The van der Waals surface area contributed by atoms with Gasteiger partial charge in [0.25, 0.3) is 0 Å². The fourth-order valence-corrected chi connectivity index (χ4v) is 5.24. The second-order valence-electron chi connectivity index (χ2n) is 12.4. The molecular formula is C43H39N7O5. The number of benzene rings is 4. The molecular weight excluding hydrogens is 695 g/mol. The van der Waals surface area contributed by atoms with Crippen molar-refractivity contribution in [2.45, 2.75) is 6.42 Å². The number of fused-ring (bicyclic) bond motifs is 2. The Hall–Kier alpha value is -7.43. The number of oxazole rings is 2. The highest BCUT2D eigenvalue weighted by Gasteiger charge is 2.13. The Morgan fingerprint density at radius 2 is 1.15 bits per heavy atom. The summed E-state index contributed by atoms with van der Waals surface area (Å²) in [5.41, 5.74) is 14.5. The Labute approximate surface area is 317 Å². The molecule has 0 aliphatic rings. The van der Waals surface area contributed by atoms with Gasteiger partial charge in [0.05, 0.1) is 0 Å². The molecule has 0 spiro atoms. The summed E-state index contributed by atoms with van der Waals surface area (Å²) in [5, 5.41) is 0. The molecule has 0 aliphatic carbocycles. The quantitative estimate of drug-likeness (QED) is 0.124. The standard InChI is InChI=1S/C22H19N3O2.C12H9N3O.C8H11N.CO2/c1-25(2)18-9-4-7-16(14-18)19(26)13-15-6-3-8-17(12-15)22-24-21-20(27-22)10-5-11-23-21;13-9-4-1-3-8(7-9)12-15-11-10(16-12)5-2-6-14-11;1-9(2)8-6-4-3-5-7-8;2-1-3/h3-12,14H,13H2,1-2H3;1-7H,13H2;3-7H,1-2H3;. The Morgan fingerprint density at radius 1 is 0.618 bits per heavy atom. The van der Waals surface area contributed by atoms with Gasteiger partial charge in [0, 0.05) is 80.8 Å². The zero-order valence-corrected chi connectivity index (χ0v) is 30.8. The number of hydrogen-bond donors (Lipinski definition) is 1. The first-order chi connectivity index (χ1) is 26.6. The van der Waals surface area contributed by atoms with Gasteiger partial charge in [0.15, 0.2) is 28.2 Å². The van der Waals surface area contributed by atoms with Gasteiger partial charge >= 0.3 is 6.15 Å². The van der Waals surface area contributed by atoms with Crippen molar-refractivity contribution in [3.05, 3.63) is 151 Å². The van der Waals surface area contributed by atoms with Crippen molar-refractivity contribution in [1.82, 2.24) is 19.9 Å². The molecule has 4 aromatic heterocycles. The normalized spacial score (nSPS) is 10.1. The third-order valence-corrected chi connectivity index (χ3v) is 7.96. The van der Waals surface area contributed by atoms with E-state index in [1.54, 1.807) is 12.4 Å². The highest BCUT2D eigenvalue weighted by molar-refractivity contribution is 5.98. The summed E-state index contributed by atoms with van der Waals surface area (Å²) < 4.78 is 11.4. The molecule has 276 valence electrons. The largest absolute Gasteiger partial charge is 0.434 e. The fraction of sp³-hybridized carbons (Fsp3) is 0.116. The summed E-state index contributed by atoms with van der Waals surface area (Å²) in [6.07, 6.45) is 3.95. The van der Waals surface area contributed by atoms with E-state index < -0.39 is 0 Å². The highest BCUT2D eigenvalue weighted by atomic mass is 16.4. The third kappa shape index (κ3) is 10.8. The summed E-state index contributed by atoms with van der Waals surface area (Å²) in [6.45, 7) is 0. The molecule has 2 N–H and O–H groups in total. The summed E-state index contributed by atoms with van der Waals surface area (Å²) in [6, 6.07) is 40.4. The smallest absolute Gasteiger partial charge is 0.373 e. The number of pyridine rings is 2. The van der Waals surface area contributed by atoms with E-state index >= 15 is 0 Å². The van der Waals surface area contributed by atoms with Crippen LogP contribution in [-0.2, 0) is 16.0 Å². The fourth-order valence-electron chi connectivity index (χ4n) is 5.24. The van der Waals surface area contributed by atoms with Crippen LogP contribution in [0.15, 0.2) is 149 Å². The van der Waals surface area contributed by atoms with Crippen LogP contribution in [0.1, 0.15) is 15.9 Å². The molecule has 0 saturated heterocycles. The van der Waals surface area contributed by atoms with E-state index in [2.05, 4.69) is 37.0 Å². The number of nitrogens with zero attached hydrogens (tertiary/aromatic N) is 6. The van der Waals surface area contributed by atoms with Gasteiger partial charge in [-0.05, 0) is 84.4 Å². The number of carbonyl (C=O) groups excluding carboxylic acids is 3. The van der Waals surface area contributed by atoms with Gasteiger partial charge in [-0.1, -0.05) is 48.5 Å². The molecule has 0 saturated carbocycles. The maximum Gasteiger partial charge on any atom is 0.373 e. The van der Waals surface area contributed by atoms with Gasteiger partial charge in [-0.25, -0.2) is 9.97 Å². The van der Waals surface area contributed by atoms with E-state index in [0.717, 1.165) is 22.4 Å². The van der Waals surface area contributed by atoms with Crippen LogP contribution in [0.5, 0.6) is 0 Å². The van der Waals surface area contributed by atoms with Crippen LogP contribution >= 0.6 is 0 Å². The molecule has 55 heavy (non-hydrogen) atoms. The number of anilines is 3. The maximum absolute atomic E-state index is 12.7. The number of para-hydroxylation sites is 1. The van der Waals surface area contributed by atoms with Gasteiger partial charge in [0.1, 0.15) is 0 Å². The number of carbonyl (C=O) groups is 1. The number of aromatic nitrogens is 4. The van der Waals surface area contributed by atoms with Crippen molar-refractivity contribution < 1.29 is 23.2 Å². The molecule has 4 heterocycles. The average Bonchev–Trinajstić information content (AvgIpc) is 3.85. The molecule has 8 aromatic rings. The van der Waals surface area contributed by atoms with Crippen LogP contribution in [0.4, 0.5) is 17.1 Å². The Bertz CT molecular complexity index is 2440. The van der Waals surface area contributed by atoms with E-state index in [1.165, 1.54) is 5.69 Å². The molecule has 0 aliphatic heterocycles. The second-order valence-corrected chi connectivity index (χ2v) is 12.4. The van der Waals surface area contributed by atoms with E-state index in [-0.39, 0.29) is 11.9 Å².